The molecule has 1 unspecified atom stereocenters. The Morgan fingerprint density at radius 3 is 2.67 bits per heavy atom. The molecule has 0 aromatic heterocycles. The van der Waals surface area contributed by atoms with Gasteiger partial charge in [0.25, 0.3) is 0 Å². The van der Waals surface area contributed by atoms with Gasteiger partial charge in [-0.1, -0.05) is 18.2 Å². The minimum absolute atomic E-state index is 0.111. The number of fused-ring (bicyclic) bond motifs is 5. The summed E-state index contributed by atoms with van der Waals surface area (Å²) in [5, 5.41) is 3.48. The molecule has 0 saturated carbocycles. The number of hydrogen-bond donors (Lipinski definition) is 1. The highest BCUT2D eigenvalue weighted by Gasteiger charge is 2.50. The van der Waals surface area contributed by atoms with Crippen LogP contribution in [0.4, 0.5) is 5.69 Å². The van der Waals surface area contributed by atoms with E-state index < -0.39 is 0 Å². The maximum atomic E-state index is 6.18. The summed E-state index contributed by atoms with van der Waals surface area (Å²) in [6.45, 7) is 5.36. The zero-order valence-corrected chi connectivity index (χ0v) is 15.4. The van der Waals surface area contributed by atoms with E-state index in [1.807, 2.05) is 6.07 Å². The van der Waals surface area contributed by atoms with Crippen LogP contribution in [0.5, 0.6) is 17.2 Å². The van der Waals surface area contributed by atoms with E-state index in [0.717, 1.165) is 49.3 Å². The maximum absolute atomic E-state index is 6.18. The zero-order chi connectivity index (χ0) is 17.8. The fourth-order valence-electron chi connectivity index (χ4n) is 5.24. The molecule has 1 atom stereocenters. The Bertz CT molecular complexity index is 893. The molecule has 1 fully saturated rings. The van der Waals surface area contributed by atoms with E-state index in [1.165, 1.54) is 29.7 Å². The van der Waals surface area contributed by atoms with Crippen molar-refractivity contribution in [1.29, 1.82) is 0 Å². The number of benzene rings is 2. The van der Waals surface area contributed by atoms with Crippen molar-refractivity contribution >= 4 is 5.69 Å². The predicted molar refractivity (Wildman–Crippen MR) is 103 cm³/mol. The summed E-state index contributed by atoms with van der Waals surface area (Å²) >= 11 is 0. The Kier molecular flexibility index (Phi) is 3.36. The Balaban J connectivity index is 1.41. The first-order valence-corrected chi connectivity index (χ1v) is 9.96. The van der Waals surface area contributed by atoms with Crippen molar-refractivity contribution in [3.05, 3.63) is 47.5 Å². The van der Waals surface area contributed by atoms with E-state index >= 15 is 0 Å². The van der Waals surface area contributed by atoms with Crippen LogP contribution in [0.3, 0.4) is 0 Å². The number of nitrogens with one attached hydrogen (secondary N) is 1. The van der Waals surface area contributed by atoms with E-state index in [1.54, 1.807) is 0 Å². The van der Waals surface area contributed by atoms with Gasteiger partial charge in [0.15, 0.2) is 11.5 Å². The second kappa shape index (κ2) is 5.80. The lowest BCUT2D eigenvalue weighted by atomic mass is 9.77. The van der Waals surface area contributed by atoms with Gasteiger partial charge in [-0.3, -0.25) is 0 Å². The molecule has 1 spiro atoms. The molecule has 4 heterocycles. The Labute approximate surface area is 159 Å². The van der Waals surface area contributed by atoms with Crippen molar-refractivity contribution < 1.29 is 14.2 Å². The van der Waals surface area contributed by atoms with Gasteiger partial charge in [0, 0.05) is 30.4 Å². The Hall–Kier alpha value is -2.40. The van der Waals surface area contributed by atoms with Gasteiger partial charge in [-0.25, -0.2) is 0 Å². The third-order valence-corrected chi connectivity index (χ3v) is 6.62. The molecule has 1 N–H and O–H groups in total. The summed E-state index contributed by atoms with van der Waals surface area (Å²) in [5.41, 5.74) is 3.88. The molecule has 6 rings (SSSR count). The number of nitrogens with zero attached hydrogens (tertiary/aromatic N) is 1. The van der Waals surface area contributed by atoms with E-state index in [2.05, 4.69) is 40.5 Å². The third kappa shape index (κ3) is 2.27. The van der Waals surface area contributed by atoms with Crippen molar-refractivity contribution in [3.63, 3.8) is 0 Å². The van der Waals surface area contributed by atoms with E-state index in [-0.39, 0.29) is 5.41 Å². The highest BCUT2D eigenvalue weighted by molar-refractivity contribution is 5.70. The molecule has 27 heavy (non-hydrogen) atoms. The van der Waals surface area contributed by atoms with Gasteiger partial charge in [-0.15, -0.1) is 0 Å². The molecular formula is C22H24N2O3. The lowest BCUT2D eigenvalue weighted by Crippen LogP contribution is -2.40. The van der Waals surface area contributed by atoms with Crippen molar-refractivity contribution in [1.82, 2.24) is 5.32 Å². The molecule has 4 aliphatic heterocycles. The highest BCUT2D eigenvalue weighted by Crippen LogP contribution is 2.54. The zero-order valence-electron chi connectivity index (χ0n) is 15.4. The van der Waals surface area contributed by atoms with Crippen LogP contribution >= 0.6 is 0 Å². The van der Waals surface area contributed by atoms with Crippen LogP contribution in [0.1, 0.15) is 24.0 Å². The van der Waals surface area contributed by atoms with Crippen LogP contribution in [0.25, 0.3) is 0 Å². The SMILES string of the molecule is c1ccc2c(c1)N(CC1CCNCC1)CC21COc2cc3c(cc21)OCO3. The quantitative estimate of drug-likeness (QED) is 0.888. The molecule has 0 radical (unpaired) electrons. The molecule has 5 nitrogen and oxygen atoms in total. The molecule has 2 aromatic carbocycles. The van der Waals surface area contributed by atoms with Gasteiger partial charge < -0.3 is 24.4 Å². The Morgan fingerprint density at radius 1 is 0.963 bits per heavy atom. The van der Waals surface area contributed by atoms with Crippen LogP contribution in [0, 0.1) is 5.92 Å². The number of para-hydroxylation sites is 1. The fourth-order valence-corrected chi connectivity index (χ4v) is 5.24. The molecule has 0 bridgehead atoms. The van der Waals surface area contributed by atoms with Crippen LogP contribution in [-0.2, 0) is 5.41 Å². The molecule has 140 valence electrons. The molecule has 0 aliphatic carbocycles. The smallest absolute Gasteiger partial charge is 0.231 e. The van der Waals surface area contributed by atoms with Gasteiger partial charge in [-0.2, -0.15) is 0 Å². The highest BCUT2D eigenvalue weighted by atomic mass is 16.7. The third-order valence-electron chi connectivity index (χ3n) is 6.62. The lowest BCUT2D eigenvalue weighted by Gasteiger charge is -2.30. The molecule has 0 amide bonds. The van der Waals surface area contributed by atoms with E-state index in [9.17, 15) is 0 Å². The van der Waals surface area contributed by atoms with Crippen molar-refractivity contribution in [3.8, 4) is 17.2 Å². The number of anilines is 1. The van der Waals surface area contributed by atoms with Gasteiger partial charge in [0.1, 0.15) is 12.4 Å². The predicted octanol–water partition coefficient (Wildman–Crippen LogP) is 2.91. The second-order valence-electron chi connectivity index (χ2n) is 8.16. The summed E-state index contributed by atoms with van der Waals surface area (Å²) in [6, 6.07) is 13.0. The molecule has 4 aliphatic rings. The molecular weight excluding hydrogens is 340 g/mol. The van der Waals surface area contributed by atoms with Gasteiger partial charge >= 0.3 is 0 Å². The monoisotopic (exact) mass is 364 g/mol. The summed E-state index contributed by atoms with van der Waals surface area (Å²) in [6.07, 6.45) is 2.52. The summed E-state index contributed by atoms with van der Waals surface area (Å²) in [7, 11) is 0. The van der Waals surface area contributed by atoms with E-state index in [4.69, 9.17) is 14.2 Å². The molecule has 2 aromatic rings. The van der Waals surface area contributed by atoms with Gasteiger partial charge in [-0.05, 0) is 49.5 Å². The van der Waals surface area contributed by atoms with Gasteiger partial charge in [0.05, 0.1) is 5.41 Å². The van der Waals surface area contributed by atoms with Crippen LogP contribution in [0.15, 0.2) is 36.4 Å². The number of rotatable bonds is 2. The second-order valence-corrected chi connectivity index (χ2v) is 8.16. The van der Waals surface area contributed by atoms with Crippen LogP contribution < -0.4 is 24.4 Å². The summed E-state index contributed by atoms with van der Waals surface area (Å²) in [5.74, 6) is 3.34. The molecule has 1 saturated heterocycles. The van der Waals surface area contributed by atoms with Gasteiger partial charge in [0.2, 0.25) is 6.79 Å². The minimum Gasteiger partial charge on any atom is -0.492 e. The number of hydrogen-bond acceptors (Lipinski definition) is 5. The lowest BCUT2D eigenvalue weighted by molar-refractivity contribution is 0.173. The van der Waals surface area contributed by atoms with Crippen molar-refractivity contribution in [2.24, 2.45) is 5.92 Å². The average Bonchev–Trinajstić information content (AvgIpc) is 3.39. The normalized spacial score (nSPS) is 25.6. The largest absolute Gasteiger partial charge is 0.492 e. The molecule has 5 heteroatoms. The van der Waals surface area contributed by atoms with Crippen molar-refractivity contribution in [2.75, 3.05) is 44.5 Å². The average molecular weight is 364 g/mol. The summed E-state index contributed by atoms with van der Waals surface area (Å²) < 4.78 is 17.4. The fraction of sp³-hybridized carbons (Fsp3) is 0.455. The maximum Gasteiger partial charge on any atom is 0.231 e. The van der Waals surface area contributed by atoms with E-state index in [0.29, 0.717) is 13.4 Å². The Morgan fingerprint density at radius 2 is 1.78 bits per heavy atom. The number of piperidine rings is 1. The summed E-state index contributed by atoms with van der Waals surface area (Å²) in [4.78, 5) is 2.59. The first kappa shape index (κ1) is 15.6. The first-order chi connectivity index (χ1) is 13.3. The first-order valence-electron chi connectivity index (χ1n) is 9.96. The van der Waals surface area contributed by atoms with Crippen LogP contribution in [-0.4, -0.2) is 39.6 Å². The van der Waals surface area contributed by atoms with Crippen LogP contribution in [0.2, 0.25) is 0 Å². The topological polar surface area (TPSA) is 43.0 Å². The standard InChI is InChI=1S/C22H24N2O3/c1-2-4-18-16(3-1)22(12-24(18)11-15-5-7-23-8-6-15)13-25-19-10-21-20(9-17(19)22)26-14-27-21/h1-4,9-10,15,23H,5-8,11-14H2. The van der Waals surface area contributed by atoms with Crippen molar-refractivity contribution in [2.45, 2.75) is 18.3 Å². The minimum atomic E-state index is -0.111. The number of ether oxygens (including phenoxy) is 3.